The van der Waals surface area contributed by atoms with Crippen LogP contribution in [0.5, 0.6) is 0 Å². The lowest BCUT2D eigenvalue weighted by atomic mass is 9.87. The zero-order valence-corrected chi connectivity index (χ0v) is 32.3. The van der Waals surface area contributed by atoms with Crippen LogP contribution in [-0.4, -0.2) is 18.8 Å². The largest absolute Gasteiger partial charge is 0.274 e. The van der Waals surface area contributed by atoms with Crippen molar-refractivity contribution in [2.75, 3.05) is 0 Å². The number of benzene rings is 1. The Kier molecular flexibility index (Phi) is 8.82. The summed E-state index contributed by atoms with van der Waals surface area (Å²) < 4.78 is 7.21. The minimum absolute atomic E-state index is 0.00680. The molecule has 0 N–H and O–H groups in total. The van der Waals surface area contributed by atoms with Gasteiger partial charge in [0.2, 0.25) is 0 Å². The van der Waals surface area contributed by atoms with Gasteiger partial charge < -0.3 is 0 Å². The Hall–Kier alpha value is -2.18. The molecule has 47 heavy (non-hydrogen) atoms. The number of hydrogen-bond donors (Lipinski definition) is 0. The van der Waals surface area contributed by atoms with E-state index in [4.69, 9.17) is 9.97 Å². The van der Waals surface area contributed by atoms with Crippen LogP contribution in [0.3, 0.4) is 0 Å². The number of aromatic nitrogens is 4. The van der Waals surface area contributed by atoms with Crippen LogP contribution in [0.4, 0.5) is 0 Å². The summed E-state index contributed by atoms with van der Waals surface area (Å²) in [7, 11) is 0. The second-order valence-electron chi connectivity index (χ2n) is 12.9. The van der Waals surface area contributed by atoms with E-state index in [9.17, 15) is 9.59 Å². The number of aryl methyl sites for hydroxylation is 2. The lowest BCUT2D eigenvalue weighted by molar-refractivity contribution is 0.600. The van der Waals surface area contributed by atoms with Crippen LogP contribution in [-0.2, 0) is 12.8 Å². The number of unbranched alkanes of at least 4 members (excludes halogenated alkanes) is 10. The van der Waals surface area contributed by atoms with Crippen molar-refractivity contribution in [1.82, 2.24) is 18.8 Å². The molecular formula is C36H36Br2N4O2S3. The first-order valence-corrected chi connectivity index (χ1v) is 21.1. The fraction of sp³-hybridized carbons (Fsp3) is 0.444. The van der Waals surface area contributed by atoms with Gasteiger partial charge in [0.25, 0.3) is 11.1 Å². The van der Waals surface area contributed by atoms with Crippen LogP contribution in [0.1, 0.15) is 102 Å². The molecule has 0 atom stereocenters. The third-order valence-corrected chi connectivity index (χ3v) is 14.0. The van der Waals surface area contributed by atoms with Crippen molar-refractivity contribution in [2.24, 2.45) is 0 Å². The topological polar surface area (TPSA) is 68.7 Å². The minimum atomic E-state index is -0.0568. The van der Waals surface area contributed by atoms with E-state index in [1.54, 1.807) is 22.7 Å². The molecule has 11 heteroatoms. The Morgan fingerprint density at radius 2 is 1.06 bits per heavy atom. The molecule has 0 aliphatic carbocycles. The summed E-state index contributed by atoms with van der Waals surface area (Å²) in [6.45, 7) is 4.51. The van der Waals surface area contributed by atoms with Gasteiger partial charge in [-0.15, -0.1) is 34.0 Å². The van der Waals surface area contributed by atoms with Gasteiger partial charge in [0.15, 0.2) is 5.65 Å². The van der Waals surface area contributed by atoms with Crippen LogP contribution in [0.2, 0.25) is 0 Å². The van der Waals surface area contributed by atoms with Crippen LogP contribution in [0, 0.1) is 0 Å². The van der Waals surface area contributed by atoms with Crippen molar-refractivity contribution in [3.8, 4) is 0 Å². The summed E-state index contributed by atoms with van der Waals surface area (Å²) in [6.07, 6.45) is 16.1. The molecule has 6 nitrogen and oxygen atoms in total. The van der Waals surface area contributed by atoms with Crippen molar-refractivity contribution in [1.29, 1.82) is 0 Å². The number of pyridine rings is 2. The van der Waals surface area contributed by atoms with Gasteiger partial charge in [-0.25, -0.2) is 9.97 Å². The first-order chi connectivity index (χ1) is 22.9. The molecule has 0 spiro atoms. The zero-order valence-electron chi connectivity index (χ0n) is 26.6. The molecule has 8 aromatic rings. The number of hydrogen-bond acceptors (Lipinski definition) is 7. The summed E-state index contributed by atoms with van der Waals surface area (Å²) in [5.74, 6) is 0. The average molecular weight is 813 g/mol. The van der Waals surface area contributed by atoms with Crippen LogP contribution >= 0.6 is 65.9 Å². The molecule has 0 fully saturated rings. The van der Waals surface area contributed by atoms with E-state index in [-0.39, 0.29) is 11.1 Å². The van der Waals surface area contributed by atoms with Gasteiger partial charge in [-0.2, -0.15) is 0 Å². The van der Waals surface area contributed by atoms with Crippen LogP contribution in [0.15, 0.2) is 29.3 Å². The fourth-order valence-corrected chi connectivity index (χ4v) is 11.7. The Bertz CT molecular complexity index is 2540. The average Bonchev–Trinajstić information content (AvgIpc) is 3.84. The Balaban J connectivity index is 1.45. The van der Waals surface area contributed by atoms with Gasteiger partial charge in [-0.3, -0.25) is 18.4 Å². The maximum Gasteiger partial charge on any atom is 0.274 e. The van der Waals surface area contributed by atoms with Crippen molar-refractivity contribution in [3.05, 3.63) is 51.5 Å². The second kappa shape index (κ2) is 12.9. The van der Waals surface area contributed by atoms with E-state index in [1.165, 1.54) is 73.8 Å². The smallest absolute Gasteiger partial charge is 0.268 e. The number of rotatable bonds is 14. The predicted octanol–water partition coefficient (Wildman–Crippen LogP) is 11.9. The highest BCUT2D eigenvalue weighted by Crippen LogP contribution is 2.47. The zero-order chi connectivity index (χ0) is 32.4. The molecule has 1 aromatic carbocycles. The van der Waals surface area contributed by atoms with Crippen molar-refractivity contribution < 1.29 is 0 Å². The SMILES string of the molecule is CCCCCCCCc1c(CCCCCCCC)c2c3c(sc4c3c1c(=O)n1c3cc(Br)sc3nc41)c(=O)n1c3cc(Br)sc3nc21. The highest BCUT2D eigenvalue weighted by atomic mass is 79.9. The molecule has 0 unspecified atom stereocenters. The normalized spacial score (nSPS) is 12.8. The predicted molar refractivity (Wildman–Crippen MR) is 210 cm³/mol. The molecule has 0 radical (unpaired) electrons. The van der Waals surface area contributed by atoms with Crippen molar-refractivity contribution in [3.63, 3.8) is 0 Å². The van der Waals surface area contributed by atoms with Gasteiger partial charge >= 0.3 is 0 Å². The van der Waals surface area contributed by atoms with E-state index in [2.05, 4.69) is 45.7 Å². The van der Waals surface area contributed by atoms with E-state index in [0.29, 0.717) is 10.3 Å². The maximum absolute atomic E-state index is 14.9. The van der Waals surface area contributed by atoms with Gasteiger partial charge in [0, 0.05) is 16.2 Å². The molecule has 0 saturated heterocycles. The molecule has 244 valence electrons. The summed E-state index contributed by atoms with van der Waals surface area (Å²) in [4.78, 5) is 41.2. The first-order valence-electron chi connectivity index (χ1n) is 17.0. The molecule has 0 aliphatic rings. The number of halogens is 2. The Labute approximate surface area is 300 Å². The molecule has 7 heterocycles. The van der Waals surface area contributed by atoms with Crippen molar-refractivity contribution in [2.45, 2.75) is 104 Å². The molecule has 0 aliphatic heterocycles. The summed E-state index contributed by atoms with van der Waals surface area (Å²) in [6, 6.07) is 4.03. The molecule has 0 bridgehead atoms. The highest BCUT2D eigenvalue weighted by molar-refractivity contribution is 9.11. The quantitative estimate of drug-likeness (QED) is 0.0810. The van der Waals surface area contributed by atoms with Gasteiger partial charge in [-0.1, -0.05) is 78.1 Å². The number of thiophene rings is 3. The first kappa shape index (κ1) is 32.0. The minimum Gasteiger partial charge on any atom is -0.268 e. The number of fused-ring (bicyclic) bond motifs is 8. The van der Waals surface area contributed by atoms with Crippen LogP contribution in [0.25, 0.3) is 62.9 Å². The Morgan fingerprint density at radius 1 is 0.574 bits per heavy atom. The van der Waals surface area contributed by atoms with E-state index >= 15 is 0 Å². The van der Waals surface area contributed by atoms with E-state index in [1.807, 2.05) is 20.9 Å². The number of imidazole rings is 2. The monoisotopic (exact) mass is 810 g/mol. The van der Waals surface area contributed by atoms with E-state index < -0.39 is 0 Å². The van der Waals surface area contributed by atoms with E-state index in [0.717, 1.165) is 98.7 Å². The summed E-state index contributed by atoms with van der Waals surface area (Å²) in [5.41, 5.74) is 5.42. The molecule has 8 rings (SSSR count). The van der Waals surface area contributed by atoms with Gasteiger partial charge in [0.1, 0.15) is 20.0 Å². The highest BCUT2D eigenvalue weighted by Gasteiger charge is 2.30. The molecule has 7 aromatic heterocycles. The molecule has 0 amide bonds. The lowest BCUT2D eigenvalue weighted by Gasteiger charge is -2.18. The molecule has 0 saturated carbocycles. The van der Waals surface area contributed by atoms with Crippen LogP contribution < -0.4 is 11.1 Å². The third-order valence-electron chi connectivity index (χ3n) is 9.83. The van der Waals surface area contributed by atoms with Gasteiger partial charge in [0.05, 0.1) is 28.7 Å². The Morgan fingerprint density at radius 3 is 1.66 bits per heavy atom. The standard InChI is InChI=1S/C36H36Br2N4O2S3/c1-3-5-7-9-11-13-15-19-20(16-14-12-10-8-6-4-2)26-28-27-25(19)31-39-33-21(17-23(37)45-33)41(31)36(44)30(27)47-29(28)32-40-34-22(18-24(38)46-34)42(32)35(26)43/h17-18H,3-16H2,1-2H3. The second-order valence-corrected chi connectivity index (χ2v) is 18.7. The lowest BCUT2D eigenvalue weighted by Crippen LogP contribution is -2.17. The maximum atomic E-state index is 14.9. The number of nitrogens with zero attached hydrogens (tertiary/aromatic N) is 4. The fourth-order valence-electron chi connectivity index (χ4n) is 7.65. The van der Waals surface area contributed by atoms with Crippen molar-refractivity contribution >= 4 is 129 Å². The summed E-state index contributed by atoms with van der Waals surface area (Å²) >= 11 is 11.9. The third kappa shape index (κ3) is 5.16. The summed E-state index contributed by atoms with van der Waals surface area (Å²) in [5, 5.41) is 3.72. The van der Waals surface area contributed by atoms with Gasteiger partial charge in [-0.05, 0) is 80.8 Å². The molecular weight excluding hydrogens is 776 g/mol.